The zero-order valence-corrected chi connectivity index (χ0v) is 10.8. The Morgan fingerprint density at radius 3 is 1.79 bits per heavy atom. The van der Waals surface area contributed by atoms with Crippen LogP contribution in [0.3, 0.4) is 0 Å². The van der Waals surface area contributed by atoms with E-state index in [0.29, 0.717) is 0 Å². The molecule has 1 rings (SSSR count). The van der Waals surface area contributed by atoms with Crippen molar-refractivity contribution in [3.8, 4) is 0 Å². The molecule has 1 fully saturated rings. The van der Waals surface area contributed by atoms with E-state index in [1.165, 1.54) is 0 Å². The van der Waals surface area contributed by atoms with Crippen molar-refractivity contribution in [3.05, 3.63) is 12.8 Å². The summed E-state index contributed by atoms with van der Waals surface area (Å²) in [6.07, 6.45) is 3.00. The smallest absolute Gasteiger partial charge is 0.0855 e. The maximum atomic E-state index is 5.16. The lowest BCUT2D eigenvalue weighted by Crippen LogP contribution is -2.58. The molecule has 1 heterocycles. The summed E-state index contributed by atoms with van der Waals surface area (Å²) in [4.78, 5) is 2.15. The quantitative estimate of drug-likeness (QED) is 0.694. The molecule has 2 nitrogen and oxygen atoms in total. The Morgan fingerprint density at radius 2 is 1.71 bits per heavy atom. The van der Waals surface area contributed by atoms with Gasteiger partial charge in [-0.2, -0.15) is 0 Å². The first-order chi connectivity index (χ1) is 6.75. The van der Waals surface area contributed by atoms with E-state index in [0.717, 1.165) is 19.6 Å². The normalized spacial score (nSPS) is 16.1. The lowest BCUT2D eigenvalue weighted by Gasteiger charge is -2.47. The number of ether oxygens (including phenoxy) is 1. The molecular formula is C12H27NO. The summed E-state index contributed by atoms with van der Waals surface area (Å²) < 4.78 is 5.16. The predicted octanol–water partition coefficient (Wildman–Crippen LogP) is 3.29. The minimum absolute atomic E-state index is 0.266. The van der Waals surface area contributed by atoms with Crippen molar-refractivity contribution in [2.45, 2.75) is 46.6 Å². The Labute approximate surface area is 89.9 Å². The molecule has 0 atom stereocenters. The van der Waals surface area contributed by atoms with Gasteiger partial charge in [-0.25, -0.2) is 0 Å². The van der Waals surface area contributed by atoms with E-state index in [4.69, 9.17) is 4.74 Å². The van der Waals surface area contributed by atoms with E-state index >= 15 is 0 Å². The summed E-state index contributed by atoms with van der Waals surface area (Å²) in [6, 6.07) is 0. The molecule has 0 unspecified atom stereocenters. The third-order valence-corrected chi connectivity index (χ3v) is 2.42. The van der Waals surface area contributed by atoms with Crippen LogP contribution in [-0.4, -0.2) is 30.7 Å². The molecule has 0 amide bonds. The van der Waals surface area contributed by atoms with E-state index in [1.807, 2.05) is 33.9 Å². The Bertz CT molecular complexity index is 125. The van der Waals surface area contributed by atoms with Crippen molar-refractivity contribution >= 4 is 0 Å². The molecule has 0 bridgehead atoms. The van der Waals surface area contributed by atoms with Crippen molar-refractivity contribution in [1.82, 2.24) is 4.90 Å². The average molecular weight is 201 g/mol. The summed E-state index contributed by atoms with van der Waals surface area (Å²) >= 11 is 0. The Kier molecular flexibility index (Phi) is 10.3. The maximum Gasteiger partial charge on any atom is 0.0855 e. The second-order valence-electron chi connectivity index (χ2n) is 2.86. The fourth-order valence-corrected chi connectivity index (χ4v) is 1.19. The van der Waals surface area contributed by atoms with Crippen LogP contribution in [0.25, 0.3) is 0 Å². The molecule has 1 saturated heterocycles. The fraction of sp³-hybridized carbons (Fsp3) is 0.833. The lowest BCUT2D eigenvalue weighted by molar-refractivity contribution is -0.119. The molecule has 0 aromatic carbocycles. The van der Waals surface area contributed by atoms with Gasteiger partial charge in [-0.05, 0) is 12.6 Å². The van der Waals surface area contributed by atoms with E-state index in [9.17, 15) is 0 Å². The molecule has 1 aliphatic heterocycles. The van der Waals surface area contributed by atoms with Crippen LogP contribution < -0.4 is 0 Å². The van der Waals surface area contributed by atoms with Crippen LogP contribution in [0.1, 0.15) is 41.0 Å². The first kappa shape index (κ1) is 15.9. The van der Waals surface area contributed by atoms with Gasteiger partial charge < -0.3 is 9.64 Å². The topological polar surface area (TPSA) is 12.5 Å². The predicted molar refractivity (Wildman–Crippen MR) is 64.5 cm³/mol. The van der Waals surface area contributed by atoms with Gasteiger partial charge in [-0.15, -0.1) is 0 Å². The van der Waals surface area contributed by atoms with Crippen molar-refractivity contribution in [3.63, 3.8) is 0 Å². The van der Waals surface area contributed by atoms with Gasteiger partial charge >= 0.3 is 0 Å². The summed E-state index contributed by atoms with van der Waals surface area (Å²) in [5.41, 5.74) is 0.266. The highest BCUT2D eigenvalue weighted by molar-refractivity contribution is 4.97. The van der Waals surface area contributed by atoms with E-state index in [-0.39, 0.29) is 5.54 Å². The third-order valence-electron chi connectivity index (χ3n) is 2.42. The molecule has 0 aromatic heterocycles. The van der Waals surface area contributed by atoms with Crippen LogP contribution in [0.2, 0.25) is 0 Å². The second-order valence-corrected chi connectivity index (χ2v) is 2.86. The lowest BCUT2D eigenvalue weighted by atomic mass is 9.93. The van der Waals surface area contributed by atoms with Crippen LogP contribution in [0.15, 0.2) is 12.8 Å². The standard InChI is InChI=1S/C8H15NO.2C2H6/c1-4-8(6-10-7-8)9(3)5-2;2*1-2/h5H,2,4,6-7H2,1,3H3;2*1-2H3. The molecule has 0 aromatic rings. The zero-order chi connectivity index (χ0) is 11.6. The Hall–Kier alpha value is -0.500. The molecule has 1 aliphatic rings. The SMILES string of the molecule is C=CN(C)C1(CC)COC1.CC.CC. The first-order valence-electron chi connectivity index (χ1n) is 5.68. The molecule has 2 heteroatoms. The van der Waals surface area contributed by atoms with Crippen LogP contribution in [0.5, 0.6) is 0 Å². The summed E-state index contributed by atoms with van der Waals surface area (Å²) in [7, 11) is 2.05. The van der Waals surface area contributed by atoms with Gasteiger partial charge in [-0.3, -0.25) is 0 Å². The third kappa shape index (κ3) is 3.70. The molecular weight excluding hydrogens is 174 g/mol. The molecule has 0 aliphatic carbocycles. The molecule has 0 saturated carbocycles. The number of hydrogen-bond acceptors (Lipinski definition) is 2. The van der Waals surface area contributed by atoms with Gasteiger partial charge in [0.2, 0.25) is 0 Å². The number of hydrogen-bond donors (Lipinski definition) is 0. The van der Waals surface area contributed by atoms with Gasteiger partial charge in [0.25, 0.3) is 0 Å². The van der Waals surface area contributed by atoms with Crippen molar-refractivity contribution < 1.29 is 4.74 Å². The van der Waals surface area contributed by atoms with Crippen molar-refractivity contribution in [2.75, 3.05) is 20.3 Å². The van der Waals surface area contributed by atoms with Crippen LogP contribution in [0, 0.1) is 0 Å². The summed E-state index contributed by atoms with van der Waals surface area (Å²) in [5, 5.41) is 0. The van der Waals surface area contributed by atoms with E-state index in [1.54, 1.807) is 0 Å². The number of likely N-dealkylation sites (N-methyl/N-ethyl adjacent to an activating group) is 1. The van der Waals surface area contributed by atoms with Crippen LogP contribution in [0.4, 0.5) is 0 Å². The molecule has 14 heavy (non-hydrogen) atoms. The highest BCUT2D eigenvalue weighted by atomic mass is 16.5. The van der Waals surface area contributed by atoms with E-state index in [2.05, 4.69) is 25.5 Å². The molecule has 0 spiro atoms. The molecule has 0 radical (unpaired) electrons. The second kappa shape index (κ2) is 9.07. The van der Waals surface area contributed by atoms with Gasteiger partial charge in [0, 0.05) is 7.05 Å². The monoisotopic (exact) mass is 201 g/mol. The minimum atomic E-state index is 0.266. The molecule has 86 valence electrons. The highest BCUT2D eigenvalue weighted by Gasteiger charge is 2.39. The molecule has 0 N–H and O–H groups in total. The van der Waals surface area contributed by atoms with Gasteiger partial charge in [0.1, 0.15) is 0 Å². The first-order valence-corrected chi connectivity index (χ1v) is 5.68. The highest BCUT2D eigenvalue weighted by Crippen LogP contribution is 2.26. The Morgan fingerprint density at radius 1 is 1.29 bits per heavy atom. The van der Waals surface area contributed by atoms with Gasteiger partial charge in [0.05, 0.1) is 18.8 Å². The summed E-state index contributed by atoms with van der Waals surface area (Å²) in [6.45, 7) is 15.6. The zero-order valence-electron chi connectivity index (χ0n) is 10.8. The van der Waals surface area contributed by atoms with Crippen LogP contribution in [-0.2, 0) is 4.74 Å². The number of nitrogens with zero attached hydrogens (tertiary/aromatic N) is 1. The number of rotatable bonds is 3. The van der Waals surface area contributed by atoms with Gasteiger partial charge in [0.15, 0.2) is 0 Å². The minimum Gasteiger partial charge on any atom is -0.376 e. The Balaban J connectivity index is 0. The van der Waals surface area contributed by atoms with Crippen molar-refractivity contribution in [1.29, 1.82) is 0 Å². The van der Waals surface area contributed by atoms with E-state index < -0.39 is 0 Å². The van der Waals surface area contributed by atoms with Gasteiger partial charge in [-0.1, -0.05) is 41.2 Å². The van der Waals surface area contributed by atoms with Crippen LogP contribution >= 0.6 is 0 Å². The average Bonchev–Trinajstić information content (AvgIpc) is 2.23. The maximum absolute atomic E-state index is 5.16. The van der Waals surface area contributed by atoms with Crippen molar-refractivity contribution in [2.24, 2.45) is 0 Å². The summed E-state index contributed by atoms with van der Waals surface area (Å²) in [5.74, 6) is 0. The fourth-order valence-electron chi connectivity index (χ4n) is 1.19. The largest absolute Gasteiger partial charge is 0.376 e.